The number of carbonyl (C=O) groups excluding carboxylic acids is 1. The molecule has 2 rings (SSSR count). The van der Waals surface area contributed by atoms with E-state index in [2.05, 4.69) is 17.1 Å². The number of alkyl halides is 3. The molecule has 134 valence electrons. The molecule has 2 aliphatic heterocycles. The molecule has 7 heteroatoms. The minimum Gasteiger partial charge on any atom is -0.355 e. The SMILES string of the molecule is C[C@H]1CCCN(CCNC(=O)C2CCN(CC(F)(F)F)CC2)C1. The normalized spacial score (nSPS) is 25.5. The van der Waals surface area contributed by atoms with E-state index in [1.54, 1.807) is 0 Å². The lowest BCUT2D eigenvalue weighted by molar-refractivity contribution is -0.149. The first kappa shape index (κ1) is 18.5. The Bertz CT molecular complexity index is 381. The Labute approximate surface area is 136 Å². The number of halogens is 3. The molecule has 0 aromatic carbocycles. The van der Waals surface area contributed by atoms with Crippen LogP contribution < -0.4 is 5.32 Å². The summed E-state index contributed by atoms with van der Waals surface area (Å²) in [6.45, 7) is 5.76. The quantitative estimate of drug-likeness (QED) is 0.836. The molecule has 0 aromatic rings. The highest BCUT2D eigenvalue weighted by Crippen LogP contribution is 2.22. The fourth-order valence-corrected chi connectivity index (χ4v) is 3.58. The molecule has 4 nitrogen and oxygen atoms in total. The number of carbonyl (C=O) groups is 1. The van der Waals surface area contributed by atoms with E-state index in [-0.39, 0.29) is 11.8 Å². The summed E-state index contributed by atoms with van der Waals surface area (Å²) < 4.78 is 37.0. The predicted molar refractivity (Wildman–Crippen MR) is 83.1 cm³/mol. The highest BCUT2D eigenvalue weighted by atomic mass is 19.4. The molecule has 0 radical (unpaired) electrons. The van der Waals surface area contributed by atoms with Crippen LogP contribution in [-0.4, -0.2) is 67.7 Å². The van der Waals surface area contributed by atoms with Crippen molar-refractivity contribution in [3.63, 3.8) is 0 Å². The maximum atomic E-state index is 12.3. The minimum absolute atomic E-state index is 0.00159. The van der Waals surface area contributed by atoms with Crippen LogP contribution in [0.25, 0.3) is 0 Å². The van der Waals surface area contributed by atoms with Crippen LogP contribution >= 0.6 is 0 Å². The van der Waals surface area contributed by atoms with Crippen molar-refractivity contribution in [2.75, 3.05) is 45.8 Å². The molecule has 0 aromatic heterocycles. The van der Waals surface area contributed by atoms with Crippen LogP contribution in [0.2, 0.25) is 0 Å². The first-order chi connectivity index (χ1) is 10.8. The maximum Gasteiger partial charge on any atom is 0.401 e. The summed E-state index contributed by atoms with van der Waals surface area (Å²) in [7, 11) is 0. The summed E-state index contributed by atoms with van der Waals surface area (Å²) in [4.78, 5) is 15.9. The molecule has 0 aliphatic carbocycles. The second-order valence-corrected chi connectivity index (χ2v) is 7.00. The Morgan fingerprint density at radius 1 is 1.13 bits per heavy atom. The lowest BCUT2D eigenvalue weighted by Crippen LogP contribution is -2.45. The van der Waals surface area contributed by atoms with Crippen LogP contribution in [-0.2, 0) is 4.79 Å². The van der Waals surface area contributed by atoms with Gasteiger partial charge in [-0.1, -0.05) is 6.92 Å². The van der Waals surface area contributed by atoms with E-state index in [1.165, 1.54) is 17.7 Å². The Morgan fingerprint density at radius 2 is 1.83 bits per heavy atom. The van der Waals surface area contributed by atoms with E-state index in [0.29, 0.717) is 32.5 Å². The molecule has 2 fully saturated rings. The summed E-state index contributed by atoms with van der Waals surface area (Å²) in [5.41, 5.74) is 0. The van der Waals surface area contributed by atoms with Crippen molar-refractivity contribution in [1.29, 1.82) is 0 Å². The van der Waals surface area contributed by atoms with Gasteiger partial charge in [-0.3, -0.25) is 9.69 Å². The Balaban J connectivity index is 1.61. The highest BCUT2D eigenvalue weighted by Gasteiger charge is 2.33. The highest BCUT2D eigenvalue weighted by molar-refractivity contribution is 5.78. The topological polar surface area (TPSA) is 35.6 Å². The summed E-state index contributed by atoms with van der Waals surface area (Å²) in [5, 5.41) is 2.96. The number of piperidine rings is 2. The summed E-state index contributed by atoms with van der Waals surface area (Å²) in [6, 6.07) is 0. The zero-order valence-corrected chi connectivity index (χ0v) is 13.9. The lowest BCUT2D eigenvalue weighted by Gasteiger charge is -2.32. The maximum absolute atomic E-state index is 12.3. The van der Waals surface area contributed by atoms with Crippen molar-refractivity contribution in [3.05, 3.63) is 0 Å². The van der Waals surface area contributed by atoms with Gasteiger partial charge in [-0.15, -0.1) is 0 Å². The Kier molecular flexibility index (Phi) is 6.71. The standard InChI is InChI=1S/C16H28F3N3O/c1-13-3-2-7-21(11-13)10-6-20-15(23)14-4-8-22(9-5-14)12-16(17,18)19/h13-14H,2-12H2,1H3,(H,20,23)/t13-/m0/s1. The van der Waals surface area contributed by atoms with E-state index >= 15 is 0 Å². The van der Waals surface area contributed by atoms with Gasteiger partial charge in [0.2, 0.25) is 5.91 Å². The van der Waals surface area contributed by atoms with Crippen molar-refractivity contribution < 1.29 is 18.0 Å². The third kappa shape index (κ3) is 6.67. The number of likely N-dealkylation sites (tertiary alicyclic amines) is 2. The average molecular weight is 335 g/mol. The summed E-state index contributed by atoms with van der Waals surface area (Å²) >= 11 is 0. The second kappa shape index (κ2) is 8.33. The number of rotatable bonds is 5. The summed E-state index contributed by atoms with van der Waals surface area (Å²) in [6.07, 6.45) is -0.627. The van der Waals surface area contributed by atoms with E-state index in [1.807, 2.05) is 0 Å². The van der Waals surface area contributed by atoms with Crippen LogP contribution in [0.3, 0.4) is 0 Å². The van der Waals surface area contributed by atoms with Crippen LogP contribution in [0.1, 0.15) is 32.6 Å². The van der Waals surface area contributed by atoms with Crippen LogP contribution in [0, 0.1) is 11.8 Å². The first-order valence-corrected chi connectivity index (χ1v) is 8.62. The molecule has 1 N–H and O–H groups in total. The minimum atomic E-state index is -4.15. The number of amides is 1. The molecular formula is C16H28F3N3O. The van der Waals surface area contributed by atoms with Gasteiger partial charge in [0.15, 0.2) is 0 Å². The molecular weight excluding hydrogens is 307 g/mol. The molecule has 1 atom stereocenters. The van der Waals surface area contributed by atoms with Gasteiger partial charge in [0.25, 0.3) is 0 Å². The predicted octanol–water partition coefficient (Wildman–Crippen LogP) is 2.11. The van der Waals surface area contributed by atoms with Crippen molar-refractivity contribution in [2.45, 2.75) is 38.8 Å². The molecule has 0 spiro atoms. The van der Waals surface area contributed by atoms with Gasteiger partial charge < -0.3 is 10.2 Å². The number of nitrogens with one attached hydrogen (secondary N) is 1. The third-order valence-corrected chi connectivity index (χ3v) is 4.83. The smallest absolute Gasteiger partial charge is 0.355 e. The van der Waals surface area contributed by atoms with Gasteiger partial charge >= 0.3 is 6.18 Å². The molecule has 0 saturated carbocycles. The Morgan fingerprint density at radius 3 is 2.43 bits per heavy atom. The van der Waals surface area contributed by atoms with Gasteiger partial charge in [-0.05, 0) is 51.2 Å². The van der Waals surface area contributed by atoms with Crippen LogP contribution in [0.5, 0.6) is 0 Å². The van der Waals surface area contributed by atoms with E-state index in [0.717, 1.165) is 25.6 Å². The van der Waals surface area contributed by atoms with Crippen molar-refractivity contribution >= 4 is 5.91 Å². The van der Waals surface area contributed by atoms with Crippen molar-refractivity contribution in [2.24, 2.45) is 11.8 Å². The van der Waals surface area contributed by atoms with Gasteiger partial charge in [0, 0.05) is 25.6 Å². The van der Waals surface area contributed by atoms with Crippen molar-refractivity contribution in [1.82, 2.24) is 15.1 Å². The zero-order valence-electron chi connectivity index (χ0n) is 13.9. The molecule has 0 bridgehead atoms. The van der Waals surface area contributed by atoms with E-state index in [4.69, 9.17) is 0 Å². The number of hydrogen-bond acceptors (Lipinski definition) is 3. The number of hydrogen-bond donors (Lipinski definition) is 1. The van der Waals surface area contributed by atoms with E-state index < -0.39 is 12.7 Å². The second-order valence-electron chi connectivity index (χ2n) is 7.00. The fraction of sp³-hybridized carbons (Fsp3) is 0.938. The molecule has 2 saturated heterocycles. The van der Waals surface area contributed by atoms with Crippen LogP contribution in [0.15, 0.2) is 0 Å². The molecule has 1 amide bonds. The van der Waals surface area contributed by atoms with Gasteiger partial charge in [-0.25, -0.2) is 0 Å². The van der Waals surface area contributed by atoms with Gasteiger partial charge in [0.1, 0.15) is 0 Å². The average Bonchev–Trinajstić information content (AvgIpc) is 2.46. The zero-order chi connectivity index (χ0) is 16.9. The molecule has 23 heavy (non-hydrogen) atoms. The van der Waals surface area contributed by atoms with E-state index in [9.17, 15) is 18.0 Å². The monoisotopic (exact) mass is 335 g/mol. The lowest BCUT2D eigenvalue weighted by atomic mass is 9.96. The summed E-state index contributed by atoms with van der Waals surface area (Å²) in [5.74, 6) is 0.582. The fourth-order valence-electron chi connectivity index (χ4n) is 3.58. The van der Waals surface area contributed by atoms with Gasteiger partial charge in [0.05, 0.1) is 6.54 Å². The third-order valence-electron chi connectivity index (χ3n) is 4.83. The van der Waals surface area contributed by atoms with Crippen molar-refractivity contribution in [3.8, 4) is 0 Å². The Hall–Kier alpha value is -0.820. The van der Waals surface area contributed by atoms with Crippen LogP contribution in [0.4, 0.5) is 13.2 Å². The number of nitrogens with zero attached hydrogens (tertiary/aromatic N) is 2. The van der Waals surface area contributed by atoms with Gasteiger partial charge in [-0.2, -0.15) is 13.2 Å². The largest absolute Gasteiger partial charge is 0.401 e. The first-order valence-electron chi connectivity index (χ1n) is 8.62. The molecule has 2 heterocycles. The molecule has 0 unspecified atom stereocenters. The molecule has 2 aliphatic rings.